The molecule has 41 heavy (non-hydrogen) atoms. The molecule has 6 nitrogen and oxygen atoms in total. The number of carbonyl (C=O) groups excluding carboxylic acids is 1. The lowest BCUT2D eigenvalue weighted by molar-refractivity contribution is -0.137. The van der Waals surface area contributed by atoms with Crippen molar-refractivity contribution >= 4 is 17.3 Å². The first kappa shape index (κ1) is 27.5. The lowest BCUT2D eigenvalue weighted by Gasteiger charge is -2.27. The number of halogens is 3. The molecule has 0 bridgehead atoms. The van der Waals surface area contributed by atoms with Crippen LogP contribution in [-0.2, 0) is 22.3 Å². The van der Waals surface area contributed by atoms with Crippen molar-refractivity contribution in [1.29, 1.82) is 0 Å². The van der Waals surface area contributed by atoms with Crippen LogP contribution in [0.2, 0.25) is 0 Å². The Bertz CT molecular complexity index is 1570. The average Bonchev–Trinajstić information content (AvgIpc) is 3.28. The van der Waals surface area contributed by atoms with E-state index in [-0.39, 0.29) is 29.3 Å². The second-order valence-corrected chi connectivity index (χ2v) is 9.23. The minimum Gasteiger partial charge on any atom is -0.497 e. The Morgan fingerprint density at radius 3 is 2.05 bits per heavy atom. The minimum atomic E-state index is -4.54. The van der Waals surface area contributed by atoms with E-state index in [2.05, 4.69) is 5.16 Å². The topological polar surface area (TPSA) is 71.4 Å². The molecule has 1 amide bonds. The van der Waals surface area contributed by atoms with Gasteiger partial charge in [0, 0.05) is 11.3 Å². The second-order valence-electron chi connectivity index (χ2n) is 9.23. The fourth-order valence-corrected chi connectivity index (χ4v) is 4.75. The summed E-state index contributed by atoms with van der Waals surface area (Å²) < 4.78 is 51.4. The standard InChI is InChI=1S/C32H25F3N2O4/c1-40-26-18-12-22(13-19-26)28(36-39)27-29(23-10-6-3-7-11-23)37(25-16-14-24(15-17-25)32(33,34)35)31(38)30(27)41-20-21-8-4-2-5-9-21/h2-19,29,39H,20H2,1H3/b36-28-. The molecule has 4 aromatic rings. The molecule has 0 spiro atoms. The lowest BCUT2D eigenvalue weighted by Crippen LogP contribution is -2.31. The fraction of sp³-hybridized carbons (Fsp3) is 0.125. The lowest BCUT2D eigenvalue weighted by atomic mass is 9.92. The van der Waals surface area contributed by atoms with Crippen LogP contribution in [0.3, 0.4) is 0 Å². The zero-order valence-electron chi connectivity index (χ0n) is 21.9. The summed E-state index contributed by atoms with van der Waals surface area (Å²) in [5, 5.41) is 13.9. The van der Waals surface area contributed by atoms with Gasteiger partial charge >= 0.3 is 6.18 Å². The molecule has 1 N–H and O–H groups in total. The second kappa shape index (κ2) is 11.6. The maximum absolute atomic E-state index is 14.1. The molecule has 1 heterocycles. The molecule has 4 aromatic carbocycles. The number of ether oxygens (including phenoxy) is 2. The number of hydrogen-bond acceptors (Lipinski definition) is 5. The van der Waals surface area contributed by atoms with Crippen LogP contribution >= 0.6 is 0 Å². The normalized spacial score (nSPS) is 15.8. The summed E-state index contributed by atoms with van der Waals surface area (Å²) in [5.74, 6) is -0.0838. The molecule has 1 aliphatic rings. The van der Waals surface area contributed by atoms with Gasteiger partial charge in [0.1, 0.15) is 18.1 Å². The van der Waals surface area contributed by atoms with Crippen LogP contribution in [0, 0.1) is 0 Å². The van der Waals surface area contributed by atoms with Crippen molar-refractivity contribution in [3.05, 3.63) is 143 Å². The van der Waals surface area contributed by atoms with Crippen molar-refractivity contribution in [3.63, 3.8) is 0 Å². The number of carbonyl (C=O) groups is 1. The highest BCUT2D eigenvalue weighted by atomic mass is 19.4. The number of hydrogen-bond donors (Lipinski definition) is 1. The Labute approximate surface area is 234 Å². The van der Waals surface area contributed by atoms with Crippen LogP contribution < -0.4 is 9.64 Å². The molecule has 0 aromatic heterocycles. The van der Waals surface area contributed by atoms with E-state index in [1.807, 2.05) is 36.4 Å². The predicted molar refractivity (Wildman–Crippen MR) is 148 cm³/mol. The molecular formula is C32H25F3N2O4. The van der Waals surface area contributed by atoms with E-state index in [1.165, 1.54) is 24.1 Å². The summed E-state index contributed by atoms with van der Waals surface area (Å²) in [6.07, 6.45) is -4.54. The first-order chi connectivity index (χ1) is 19.8. The van der Waals surface area contributed by atoms with Crippen molar-refractivity contribution in [2.24, 2.45) is 5.16 Å². The van der Waals surface area contributed by atoms with Gasteiger partial charge in [-0.3, -0.25) is 9.69 Å². The first-order valence-electron chi connectivity index (χ1n) is 12.7. The third kappa shape index (κ3) is 5.65. The van der Waals surface area contributed by atoms with Crippen LogP contribution in [0.15, 0.2) is 126 Å². The van der Waals surface area contributed by atoms with Gasteiger partial charge in [0.15, 0.2) is 5.76 Å². The van der Waals surface area contributed by atoms with Gasteiger partial charge in [-0.05, 0) is 59.7 Å². The highest BCUT2D eigenvalue weighted by molar-refractivity contribution is 6.23. The van der Waals surface area contributed by atoms with Crippen molar-refractivity contribution in [2.75, 3.05) is 12.0 Å². The van der Waals surface area contributed by atoms with Crippen molar-refractivity contribution in [2.45, 2.75) is 18.8 Å². The molecule has 0 saturated carbocycles. The molecule has 5 rings (SSSR count). The number of nitrogens with zero attached hydrogens (tertiary/aromatic N) is 2. The van der Waals surface area contributed by atoms with E-state index >= 15 is 0 Å². The van der Waals surface area contributed by atoms with Gasteiger partial charge in [-0.1, -0.05) is 65.8 Å². The zero-order chi connectivity index (χ0) is 29.0. The first-order valence-corrected chi connectivity index (χ1v) is 12.7. The highest BCUT2D eigenvalue weighted by Gasteiger charge is 2.45. The summed E-state index contributed by atoms with van der Waals surface area (Å²) in [6, 6.07) is 28.4. The summed E-state index contributed by atoms with van der Waals surface area (Å²) >= 11 is 0. The highest BCUT2D eigenvalue weighted by Crippen LogP contribution is 2.44. The van der Waals surface area contributed by atoms with Gasteiger partial charge in [-0.25, -0.2) is 0 Å². The maximum atomic E-state index is 14.1. The van der Waals surface area contributed by atoms with E-state index in [4.69, 9.17) is 9.47 Å². The number of oxime groups is 1. The Morgan fingerprint density at radius 2 is 1.49 bits per heavy atom. The minimum absolute atomic E-state index is 0.0368. The van der Waals surface area contributed by atoms with Crippen molar-refractivity contribution < 1.29 is 32.6 Å². The Balaban J connectivity index is 1.68. The van der Waals surface area contributed by atoms with E-state index in [9.17, 15) is 23.2 Å². The summed E-state index contributed by atoms with van der Waals surface area (Å²) in [6.45, 7) is 0.0368. The number of anilines is 1. The van der Waals surface area contributed by atoms with Crippen molar-refractivity contribution in [3.8, 4) is 5.75 Å². The molecule has 1 atom stereocenters. The van der Waals surface area contributed by atoms with Gasteiger partial charge in [0.05, 0.1) is 24.3 Å². The Kier molecular flexibility index (Phi) is 7.78. The summed E-state index contributed by atoms with van der Waals surface area (Å²) in [5.41, 5.74) is 1.64. The summed E-state index contributed by atoms with van der Waals surface area (Å²) in [7, 11) is 1.52. The molecule has 0 saturated heterocycles. The number of amides is 1. The molecule has 0 aliphatic carbocycles. The van der Waals surface area contributed by atoms with Gasteiger partial charge < -0.3 is 14.7 Å². The van der Waals surface area contributed by atoms with E-state index < -0.39 is 23.7 Å². The predicted octanol–water partition coefficient (Wildman–Crippen LogP) is 7.15. The molecular weight excluding hydrogens is 533 g/mol. The van der Waals surface area contributed by atoms with Crippen molar-refractivity contribution in [1.82, 2.24) is 0 Å². The maximum Gasteiger partial charge on any atom is 0.416 e. The Morgan fingerprint density at radius 1 is 0.878 bits per heavy atom. The molecule has 0 fully saturated rings. The van der Waals surface area contributed by atoms with Gasteiger partial charge in [0.2, 0.25) is 0 Å². The van der Waals surface area contributed by atoms with Crippen LogP contribution in [0.4, 0.5) is 18.9 Å². The monoisotopic (exact) mass is 558 g/mol. The number of benzene rings is 4. The molecule has 1 aliphatic heterocycles. The van der Waals surface area contributed by atoms with Crippen LogP contribution in [0.5, 0.6) is 5.75 Å². The summed E-state index contributed by atoms with van der Waals surface area (Å²) in [4.78, 5) is 15.5. The SMILES string of the molecule is COc1ccc(/C(=N/O)C2=C(OCc3ccccc3)C(=O)N(c3ccc(C(F)(F)F)cc3)C2c2ccccc2)cc1. The van der Waals surface area contributed by atoms with Gasteiger partial charge in [-0.15, -0.1) is 0 Å². The van der Waals surface area contributed by atoms with Crippen LogP contribution in [0.25, 0.3) is 0 Å². The van der Waals surface area contributed by atoms with Crippen LogP contribution in [0.1, 0.15) is 28.3 Å². The van der Waals surface area contributed by atoms with E-state index in [1.54, 1.807) is 48.5 Å². The third-order valence-corrected chi connectivity index (χ3v) is 6.72. The zero-order valence-corrected chi connectivity index (χ0v) is 21.9. The number of methoxy groups -OCH3 is 1. The molecule has 1 unspecified atom stereocenters. The van der Waals surface area contributed by atoms with Gasteiger partial charge in [-0.2, -0.15) is 13.2 Å². The van der Waals surface area contributed by atoms with E-state index in [0.717, 1.165) is 17.7 Å². The average molecular weight is 559 g/mol. The van der Waals surface area contributed by atoms with Gasteiger partial charge in [0.25, 0.3) is 5.91 Å². The van der Waals surface area contributed by atoms with Crippen LogP contribution in [-0.4, -0.2) is 23.9 Å². The number of rotatable bonds is 8. The Hall–Kier alpha value is -5.05. The third-order valence-electron chi connectivity index (χ3n) is 6.72. The van der Waals surface area contributed by atoms with E-state index in [0.29, 0.717) is 16.9 Å². The smallest absolute Gasteiger partial charge is 0.416 e. The fourth-order valence-electron chi connectivity index (χ4n) is 4.75. The molecule has 9 heteroatoms. The largest absolute Gasteiger partial charge is 0.497 e. The molecule has 0 radical (unpaired) electrons. The molecule has 208 valence electrons. The quantitative estimate of drug-likeness (QED) is 0.142. The number of alkyl halides is 3.